The summed E-state index contributed by atoms with van der Waals surface area (Å²) in [6.45, 7) is 2.44. The van der Waals surface area contributed by atoms with Gasteiger partial charge in [-0.05, 0) is 24.1 Å². The summed E-state index contributed by atoms with van der Waals surface area (Å²) in [5, 5.41) is 0. The van der Waals surface area contributed by atoms with E-state index in [1.807, 2.05) is 38.2 Å². The first kappa shape index (κ1) is 14.2. The summed E-state index contributed by atoms with van der Waals surface area (Å²) >= 11 is 0. The molecule has 0 aliphatic carbocycles. The number of benzene rings is 1. The van der Waals surface area contributed by atoms with Crippen LogP contribution in [0.1, 0.15) is 18.2 Å². The van der Waals surface area contributed by atoms with Crippen LogP contribution in [0.15, 0.2) is 30.6 Å². The average Bonchev–Trinajstić information content (AvgIpc) is 2.48. The highest BCUT2D eigenvalue weighted by Crippen LogP contribution is 2.20. The van der Waals surface area contributed by atoms with E-state index in [-0.39, 0.29) is 5.82 Å². The van der Waals surface area contributed by atoms with Gasteiger partial charge in [-0.2, -0.15) is 0 Å². The van der Waals surface area contributed by atoms with Crippen molar-refractivity contribution in [3.63, 3.8) is 0 Å². The molecule has 0 amide bonds. The van der Waals surface area contributed by atoms with Gasteiger partial charge in [-0.15, -0.1) is 0 Å². The number of aromatic nitrogens is 2. The molecule has 0 aliphatic rings. The highest BCUT2D eigenvalue weighted by Gasteiger charge is 2.13. The minimum atomic E-state index is -0.342. The minimum Gasteiger partial charge on any atom is -0.497 e. The Morgan fingerprint density at radius 1 is 1.20 bits per heavy atom. The molecule has 0 spiro atoms. The monoisotopic (exact) mass is 275 g/mol. The van der Waals surface area contributed by atoms with Gasteiger partial charge in [-0.1, -0.05) is 19.1 Å². The molecule has 106 valence electrons. The molecule has 0 aliphatic heterocycles. The van der Waals surface area contributed by atoms with Crippen molar-refractivity contribution in [1.82, 2.24) is 9.97 Å². The Hall–Kier alpha value is -2.17. The quantitative estimate of drug-likeness (QED) is 0.841. The number of halogens is 1. The van der Waals surface area contributed by atoms with E-state index < -0.39 is 0 Å². The molecule has 2 rings (SSSR count). The van der Waals surface area contributed by atoms with Crippen molar-refractivity contribution in [1.29, 1.82) is 0 Å². The molecule has 2 aromatic rings. The zero-order valence-electron chi connectivity index (χ0n) is 11.9. The van der Waals surface area contributed by atoms with Crippen LogP contribution in [-0.2, 0) is 13.0 Å². The molecule has 0 N–H and O–H groups in total. The number of aryl methyl sites for hydroxylation is 1. The van der Waals surface area contributed by atoms with Crippen molar-refractivity contribution in [2.45, 2.75) is 19.9 Å². The SMILES string of the molecule is CCc1ncnc(N(C)Cc2ccc(OC)cc2)c1F. The van der Waals surface area contributed by atoms with Gasteiger partial charge < -0.3 is 9.64 Å². The first-order valence-corrected chi connectivity index (χ1v) is 6.49. The smallest absolute Gasteiger partial charge is 0.187 e. The third-order valence-corrected chi connectivity index (χ3v) is 3.12. The van der Waals surface area contributed by atoms with Gasteiger partial charge in [0, 0.05) is 13.6 Å². The Kier molecular flexibility index (Phi) is 4.50. The van der Waals surface area contributed by atoms with Crippen LogP contribution in [0, 0.1) is 5.82 Å². The van der Waals surface area contributed by atoms with E-state index in [1.165, 1.54) is 6.33 Å². The molecule has 0 saturated heterocycles. The van der Waals surface area contributed by atoms with Crippen molar-refractivity contribution in [2.75, 3.05) is 19.1 Å². The third kappa shape index (κ3) is 3.04. The Morgan fingerprint density at radius 3 is 2.50 bits per heavy atom. The van der Waals surface area contributed by atoms with Crippen LogP contribution in [0.25, 0.3) is 0 Å². The van der Waals surface area contributed by atoms with Gasteiger partial charge in [0.15, 0.2) is 11.6 Å². The molecule has 4 nitrogen and oxygen atoms in total. The summed E-state index contributed by atoms with van der Waals surface area (Å²) in [6.07, 6.45) is 1.96. The van der Waals surface area contributed by atoms with Gasteiger partial charge in [0.1, 0.15) is 12.1 Å². The Morgan fingerprint density at radius 2 is 1.90 bits per heavy atom. The molecule has 0 atom stereocenters. The predicted octanol–water partition coefficient (Wildman–Crippen LogP) is 2.82. The summed E-state index contributed by atoms with van der Waals surface area (Å²) in [5.41, 5.74) is 1.50. The molecule has 0 unspecified atom stereocenters. The van der Waals surface area contributed by atoms with Crippen molar-refractivity contribution in [3.8, 4) is 5.75 Å². The van der Waals surface area contributed by atoms with Gasteiger partial charge in [0.25, 0.3) is 0 Å². The Bertz CT molecular complexity index is 572. The van der Waals surface area contributed by atoms with Crippen molar-refractivity contribution >= 4 is 5.82 Å². The maximum Gasteiger partial charge on any atom is 0.187 e. The second-order valence-corrected chi connectivity index (χ2v) is 4.52. The number of rotatable bonds is 5. The molecule has 0 saturated carbocycles. The highest BCUT2D eigenvalue weighted by atomic mass is 19.1. The number of nitrogens with zero attached hydrogens (tertiary/aromatic N) is 3. The number of ether oxygens (including phenoxy) is 1. The predicted molar refractivity (Wildman–Crippen MR) is 76.5 cm³/mol. The molecule has 0 radical (unpaired) electrons. The third-order valence-electron chi connectivity index (χ3n) is 3.12. The number of hydrogen-bond acceptors (Lipinski definition) is 4. The van der Waals surface area contributed by atoms with Gasteiger partial charge >= 0.3 is 0 Å². The number of anilines is 1. The van der Waals surface area contributed by atoms with Crippen molar-refractivity contribution in [3.05, 3.63) is 47.7 Å². The first-order chi connectivity index (χ1) is 9.65. The van der Waals surface area contributed by atoms with E-state index in [2.05, 4.69) is 9.97 Å². The summed E-state index contributed by atoms with van der Waals surface area (Å²) in [4.78, 5) is 9.75. The minimum absolute atomic E-state index is 0.327. The zero-order valence-corrected chi connectivity index (χ0v) is 11.9. The Labute approximate surface area is 118 Å². The summed E-state index contributed by atoms with van der Waals surface area (Å²) in [7, 11) is 3.44. The van der Waals surface area contributed by atoms with E-state index in [0.717, 1.165) is 11.3 Å². The fourth-order valence-electron chi connectivity index (χ4n) is 1.99. The lowest BCUT2D eigenvalue weighted by Crippen LogP contribution is -2.20. The lowest BCUT2D eigenvalue weighted by Gasteiger charge is -2.19. The van der Waals surface area contributed by atoms with E-state index in [4.69, 9.17) is 4.74 Å². The molecule has 0 bridgehead atoms. The first-order valence-electron chi connectivity index (χ1n) is 6.49. The van der Waals surface area contributed by atoms with E-state index in [9.17, 15) is 4.39 Å². The Balaban J connectivity index is 2.16. The van der Waals surface area contributed by atoms with Gasteiger partial charge in [-0.25, -0.2) is 14.4 Å². The second-order valence-electron chi connectivity index (χ2n) is 4.52. The standard InChI is InChI=1S/C15H18FN3O/c1-4-13-14(16)15(18-10-17-13)19(2)9-11-5-7-12(20-3)8-6-11/h5-8,10H,4,9H2,1-3H3. The van der Waals surface area contributed by atoms with Crippen LogP contribution < -0.4 is 9.64 Å². The number of hydrogen-bond donors (Lipinski definition) is 0. The second kappa shape index (κ2) is 6.32. The van der Waals surface area contributed by atoms with Crippen LogP contribution in [0.4, 0.5) is 10.2 Å². The number of methoxy groups -OCH3 is 1. The molecular weight excluding hydrogens is 257 g/mol. The summed E-state index contributed by atoms with van der Waals surface area (Å²) < 4.78 is 19.3. The van der Waals surface area contributed by atoms with Crippen molar-refractivity contribution in [2.24, 2.45) is 0 Å². The topological polar surface area (TPSA) is 38.2 Å². The summed E-state index contributed by atoms with van der Waals surface area (Å²) in [5.74, 6) is 0.788. The highest BCUT2D eigenvalue weighted by molar-refractivity contribution is 5.41. The van der Waals surface area contributed by atoms with Gasteiger partial charge in [-0.3, -0.25) is 0 Å². The van der Waals surface area contributed by atoms with Crippen LogP contribution in [0.5, 0.6) is 5.75 Å². The maximum atomic E-state index is 14.2. The van der Waals surface area contributed by atoms with Crippen LogP contribution in [0.3, 0.4) is 0 Å². The van der Waals surface area contributed by atoms with E-state index in [0.29, 0.717) is 24.5 Å². The van der Waals surface area contributed by atoms with Crippen LogP contribution >= 0.6 is 0 Å². The normalized spacial score (nSPS) is 10.4. The molecule has 0 fully saturated rings. The fraction of sp³-hybridized carbons (Fsp3) is 0.333. The maximum absolute atomic E-state index is 14.2. The molecule has 1 heterocycles. The average molecular weight is 275 g/mol. The molecule has 1 aromatic carbocycles. The zero-order chi connectivity index (χ0) is 14.5. The molecule has 1 aromatic heterocycles. The fourth-order valence-corrected chi connectivity index (χ4v) is 1.99. The van der Waals surface area contributed by atoms with Crippen LogP contribution in [0.2, 0.25) is 0 Å². The molecular formula is C15H18FN3O. The molecule has 5 heteroatoms. The van der Waals surface area contributed by atoms with Crippen LogP contribution in [-0.4, -0.2) is 24.1 Å². The van der Waals surface area contributed by atoms with Gasteiger partial charge in [0.2, 0.25) is 0 Å². The lowest BCUT2D eigenvalue weighted by atomic mass is 10.2. The van der Waals surface area contributed by atoms with Crippen molar-refractivity contribution < 1.29 is 9.13 Å². The van der Waals surface area contributed by atoms with Gasteiger partial charge in [0.05, 0.1) is 12.8 Å². The molecule has 20 heavy (non-hydrogen) atoms. The lowest BCUT2D eigenvalue weighted by molar-refractivity contribution is 0.414. The van der Waals surface area contributed by atoms with E-state index in [1.54, 1.807) is 12.0 Å². The summed E-state index contributed by atoms with van der Waals surface area (Å²) in [6, 6.07) is 7.68. The largest absolute Gasteiger partial charge is 0.497 e. The van der Waals surface area contributed by atoms with E-state index >= 15 is 0 Å².